The van der Waals surface area contributed by atoms with Gasteiger partial charge in [-0.3, -0.25) is 0 Å². The molecule has 2 nitrogen and oxygen atoms in total. The first-order chi connectivity index (χ1) is 6.11. The highest BCUT2D eigenvalue weighted by atomic mass is 35.5. The van der Waals surface area contributed by atoms with E-state index in [1.54, 1.807) is 0 Å². The van der Waals surface area contributed by atoms with Gasteiger partial charge in [0.2, 0.25) is 0 Å². The van der Waals surface area contributed by atoms with Gasteiger partial charge in [0.1, 0.15) is 6.07 Å². The topological polar surface area (TPSA) is 36.7 Å². The smallest absolute Gasteiger partial charge is 0.159 e. The molecule has 0 atom stereocenters. The Bertz CT molecular complexity index is 374. The first kappa shape index (κ1) is 10.0. The Kier molecular flexibility index (Phi) is 2.90. The van der Waals surface area contributed by atoms with Gasteiger partial charge in [-0.25, -0.2) is 4.98 Å². The fraction of sp³-hybridized carbons (Fsp3) is 0.400. The summed E-state index contributed by atoms with van der Waals surface area (Å²) >= 11 is 5.96. The highest BCUT2D eigenvalue weighted by Gasteiger charge is 2.11. The average Bonchev–Trinajstić information content (AvgIpc) is 2.12. The van der Waals surface area contributed by atoms with Crippen LogP contribution in [0.1, 0.15) is 29.4 Å². The zero-order chi connectivity index (χ0) is 10.0. The minimum absolute atomic E-state index is 0.328. The molecule has 0 aliphatic rings. The Hall–Kier alpha value is -1.07. The number of hydrogen-bond donors (Lipinski definition) is 0. The van der Waals surface area contributed by atoms with E-state index in [0.717, 1.165) is 23.2 Å². The lowest BCUT2D eigenvalue weighted by atomic mass is 10.0. The molecular weight excluding hydrogens is 184 g/mol. The van der Waals surface area contributed by atoms with Crippen molar-refractivity contribution < 1.29 is 0 Å². The van der Waals surface area contributed by atoms with Crippen molar-refractivity contribution in [3.63, 3.8) is 0 Å². The normalized spacial score (nSPS) is 9.77. The van der Waals surface area contributed by atoms with Crippen molar-refractivity contribution in [1.29, 1.82) is 5.26 Å². The summed E-state index contributed by atoms with van der Waals surface area (Å²) in [6, 6.07) is 1.99. The summed E-state index contributed by atoms with van der Waals surface area (Å²) < 4.78 is 0. The van der Waals surface area contributed by atoms with Gasteiger partial charge in [-0.1, -0.05) is 18.5 Å². The second kappa shape index (κ2) is 3.76. The number of aromatic nitrogens is 1. The first-order valence-corrected chi connectivity index (χ1v) is 4.55. The molecule has 0 spiro atoms. The summed E-state index contributed by atoms with van der Waals surface area (Å²) in [6.07, 6.45) is 0.899. The molecule has 68 valence electrons. The van der Waals surface area contributed by atoms with Gasteiger partial charge in [-0.2, -0.15) is 5.26 Å². The van der Waals surface area contributed by atoms with Crippen LogP contribution in [0.5, 0.6) is 0 Å². The van der Waals surface area contributed by atoms with Gasteiger partial charge in [-0.15, -0.1) is 0 Å². The van der Waals surface area contributed by atoms with Crippen LogP contribution in [0, 0.1) is 25.2 Å². The van der Waals surface area contributed by atoms with E-state index in [1.165, 1.54) is 0 Å². The first-order valence-electron chi connectivity index (χ1n) is 4.17. The Morgan fingerprint density at radius 3 is 2.54 bits per heavy atom. The van der Waals surface area contributed by atoms with Crippen molar-refractivity contribution in [2.75, 3.05) is 0 Å². The van der Waals surface area contributed by atoms with E-state index in [9.17, 15) is 0 Å². The Morgan fingerprint density at radius 2 is 2.08 bits per heavy atom. The van der Waals surface area contributed by atoms with E-state index in [0.29, 0.717) is 10.7 Å². The summed E-state index contributed by atoms with van der Waals surface area (Å²) in [5.41, 5.74) is 3.35. The van der Waals surface area contributed by atoms with Gasteiger partial charge < -0.3 is 0 Å². The maximum absolute atomic E-state index is 8.73. The van der Waals surface area contributed by atoms with Crippen LogP contribution in [0.25, 0.3) is 0 Å². The van der Waals surface area contributed by atoms with Crippen LogP contribution in [-0.2, 0) is 6.42 Å². The van der Waals surface area contributed by atoms with E-state index in [4.69, 9.17) is 16.9 Å². The molecule has 0 saturated heterocycles. The SMILES string of the molecule is CCc1c(C)nc(C#N)c(Cl)c1C. The molecule has 1 rings (SSSR count). The highest BCUT2D eigenvalue weighted by Crippen LogP contribution is 2.24. The second-order valence-electron chi connectivity index (χ2n) is 2.93. The summed E-state index contributed by atoms with van der Waals surface area (Å²) in [7, 11) is 0. The third-order valence-electron chi connectivity index (χ3n) is 2.17. The molecule has 0 unspecified atom stereocenters. The minimum Gasteiger partial charge on any atom is -0.241 e. The van der Waals surface area contributed by atoms with Gasteiger partial charge in [0.05, 0.1) is 5.02 Å². The molecular formula is C10H11ClN2. The lowest BCUT2D eigenvalue weighted by Gasteiger charge is -2.09. The molecule has 1 aromatic heterocycles. The average molecular weight is 195 g/mol. The molecule has 0 aliphatic heterocycles. The molecule has 0 aromatic carbocycles. The summed E-state index contributed by atoms with van der Waals surface area (Å²) in [4.78, 5) is 4.13. The minimum atomic E-state index is 0.328. The number of nitrogens with zero attached hydrogens (tertiary/aromatic N) is 2. The predicted octanol–water partition coefficient (Wildman–Crippen LogP) is 2.79. The van der Waals surface area contributed by atoms with Crippen LogP contribution in [-0.4, -0.2) is 4.98 Å². The van der Waals surface area contributed by atoms with Crippen LogP contribution in [0.2, 0.25) is 5.02 Å². The molecule has 0 fully saturated rings. The second-order valence-corrected chi connectivity index (χ2v) is 3.31. The Morgan fingerprint density at radius 1 is 1.46 bits per heavy atom. The number of rotatable bonds is 1. The summed E-state index contributed by atoms with van der Waals surface area (Å²) in [5, 5.41) is 9.22. The van der Waals surface area contributed by atoms with Crippen molar-refractivity contribution in [3.05, 3.63) is 27.5 Å². The number of aryl methyl sites for hydroxylation is 1. The Labute approximate surface area is 83.2 Å². The van der Waals surface area contributed by atoms with Gasteiger partial charge in [0.25, 0.3) is 0 Å². The predicted molar refractivity (Wildman–Crippen MR) is 52.8 cm³/mol. The number of pyridine rings is 1. The monoisotopic (exact) mass is 194 g/mol. The summed E-state index contributed by atoms with van der Waals surface area (Å²) in [6.45, 7) is 5.89. The number of hydrogen-bond acceptors (Lipinski definition) is 2. The molecule has 1 heterocycles. The standard InChI is InChI=1S/C10H11ClN2/c1-4-8-6(2)10(11)9(5-12)13-7(8)3/h4H2,1-3H3. The molecule has 0 aliphatic carbocycles. The molecule has 0 radical (unpaired) electrons. The Balaban J connectivity index is 3.48. The van der Waals surface area contributed by atoms with Crippen LogP contribution in [0.15, 0.2) is 0 Å². The van der Waals surface area contributed by atoms with Gasteiger partial charge in [0, 0.05) is 5.69 Å². The third kappa shape index (κ3) is 1.66. The van der Waals surface area contributed by atoms with E-state index in [-0.39, 0.29) is 0 Å². The van der Waals surface area contributed by atoms with E-state index >= 15 is 0 Å². The van der Waals surface area contributed by atoms with Gasteiger partial charge in [0.15, 0.2) is 5.69 Å². The van der Waals surface area contributed by atoms with Crippen molar-refractivity contribution in [2.24, 2.45) is 0 Å². The van der Waals surface area contributed by atoms with Crippen LogP contribution in [0.3, 0.4) is 0 Å². The lowest BCUT2D eigenvalue weighted by Crippen LogP contribution is -1.99. The fourth-order valence-electron chi connectivity index (χ4n) is 1.46. The zero-order valence-electron chi connectivity index (χ0n) is 7.98. The number of halogens is 1. The van der Waals surface area contributed by atoms with E-state index in [2.05, 4.69) is 11.9 Å². The van der Waals surface area contributed by atoms with Gasteiger partial charge >= 0.3 is 0 Å². The van der Waals surface area contributed by atoms with Crippen molar-refractivity contribution in [3.8, 4) is 6.07 Å². The van der Waals surface area contributed by atoms with Crippen molar-refractivity contribution >= 4 is 11.6 Å². The molecule has 0 amide bonds. The lowest BCUT2D eigenvalue weighted by molar-refractivity contribution is 1.01. The molecule has 0 bridgehead atoms. The highest BCUT2D eigenvalue weighted by molar-refractivity contribution is 6.32. The maximum Gasteiger partial charge on any atom is 0.159 e. The van der Waals surface area contributed by atoms with Gasteiger partial charge in [-0.05, 0) is 31.4 Å². The number of nitriles is 1. The summed E-state index contributed by atoms with van der Waals surface area (Å²) in [5.74, 6) is 0. The molecule has 0 saturated carbocycles. The van der Waals surface area contributed by atoms with E-state index in [1.807, 2.05) is 19.9 Å². The van der Waals surface area contributed by atoms with Crippen LogP contribution < -0.4 is 0 Å². The van der Waals surface area contributed by atoms with Crippen LogP contribution in [0.4, 0.5) is 0 Å². The largest absolute Gasteiger partial charge is 0.241 e. The zero-order valence-corrected chi connectivity index (χ0v) is 8.74. The van der Waals surface area contributed by atoms with Crippen molar-refractivity contribution in [1.82, 2.24) is 4.98 Å². The van der Waals surface area contributed by atoms with Crippen LogP contribution >= 0.6 is 11.6 Å². The maximum atomic E-state index is 8.73. The van der Waals surface area contributed by atoms with Crippen molar-refractivity contribution in [2.45, 2.75) is 27.2 Å². The quantitative estimate of drug-likeness (QED) is 0.690. The molecule has 1 aromatic rings. The third-order valence-corrected chi connectivity index (χ3v) is 2.63. The molecule has 0 N–H and O–H groups in total. The molecule has 13 heavy (non-hydrogen) atoms. The molecule has 3 heteroatoms. The fourth-order valence-corrected chi connectivity index (χ4v) is 1.66. The van der Waals surface area contributed by atoms with E-state index < -0.39 is 0 Å².